The van der Waals surface area contributed by atoms with Crippen LogP contribution in [0.1, 0.15) is 38.2 Å². The summed E-state index contributed by atoms with van der Waals surface area (Å²) in [5.74, 6) is -2.48. The molecular formula is C16H20F2N2O3S. The van der Waals surface area contributed by atoms with Crippen molar-refractivity contribution in [3.05, 3.63) is 29.3 Å². The molecule has 0 bridgehead atoms. The van der Waals surface area contributed by atoms with E-state index in [0.29, 0.717) is 18.6 Å². The highest BCUT2D eigenvalue weighted by molar-refractivity contribution is 7.89. The number of rotatable bonds is 7. The van der Waals surface area contributed by atoms with Gasteiger partial charge in [0.2, 0.25) is 10.0 Å². The van der Waals surface area contributed by atoms with Gasteiger partial charge in [-0.25, -0.2) is 21.9 Å². The van der Waals surface area contributed by atoms with Crippen molar-refractivity contribution in [2.75, 3.05) is 13.2 Å². The van der Waals surface area contributed by atoms with Crippen molar-refractivity contribution in [1.82, 2.24) is 4.72 Å². The van der Waals surface area contributed by atoms with Crippen molar-refractivity contribution in [1.29, 1.82) is 5.26 Å². The standard InChI is InChI=1S/C16H20F2N2O3S/c1-11(3-6-21)16(4-2-5-16)10-20-24(22,23)15-13(17)7-12(9-19)8-14(15)18/h7-8,11,20-21H,2-6,10H2,1H3/t11-/m1/s1. The van der Waals surface area contributed by atoms with E-state index in [2.05, 4.69) is 4.72 Å². The molecule has 1 aromatic rings. The molecule has 0 spiro atoms. The minimum absolute atomic E-state index is 0.00848. The number of benzene rings is 1. The van der Waals surface area contributed by atoms with Crippen LogP contribution in [0.15, 0.2) is 17.0 Å². The van der Waals surface area contributed by atoms with Gasteiger partial charge in [-0.15, -0.1) is 0 Å². The molecule has 5 nitrogen and oxygen atoms in total. The lowest BCUT2D eigenvalue weighted by molar-refractivity contribution is 0.0487. The van der Waals surface area contributed by atoms with Gasteiger partial charge in [0.05, 0.1) is 11.6 Å². The average Bonchev–Trinajstić information content (AvgIpc) is 2.45. The molecule has 0 amide bonds. The number of aliphatic hydroxyl groups excluding tert-OH is 1. The number of halogens is 2. The average molecular weight is 358 g/mol. The Bertz CT molecular complexity index is 732. The van der Waals surface area contributed by atoms with Gasteiger partial charge >= 0.3 is 0 Å². The van der Waals surface area contributed by atoms with Crippen LogP contribution >= 0.6 is 0 Å². The number of aliphatic hydroxyl groups is 1. The van der Waals surface area contributed by atoms with E-state index in [-0.39, 0.29) is 30.0 Å². The molecule has 24 heavy (non-hydrogen) atoms. The fourth-order valence-corrected chi connectivity index (χ4v) is 4.42. The van der Waals surface area contributed by atoms with Crippen LogP contribution in [-0.4, -0.2) is 26.7 Å². The molecule has 0 radical (unpaired) electrons. The van der Waals surface area contributed by atoms with Gasteiger partial charge in [-0.3, -0.25) is 0 Å². The minimum atomic E-state index is -4.38. The highest BCUT2D eigenvalue weighted by atomic mass is 32.2. The summed E-state index contributed by atoms with van der Waals surface area (Å²) < 4.78 is 54.8. The van der Waals surface area contributed by atoms with E-state index in [0.717, 1.165) is 19.3 Å². The van der Waals surface area contributed by atoms with Crippen LogP contribution in [0.2, 0.25) is 0 Å². The predicted molar refractivity (Wildman–Crippen MR) is 83.4 cm³/mol. The molecule has 0 aromatic heterocycles. The SMILES string of the molecule is C[C@H](CCO)C1(CNS(=O)(=O)c2c(F)cc(C#N)cc2F)CCC1. The van der Waals surface area contributed by atoms with Gasteiger partial charge in [0.1, 0.15) is 11.6 Å². The van der Waals surface area contributed by atoms with Crippen molar-refractivity contribution >= 4 is 10.0 Å². The van der Waals surface area contributed by atoms with Crippen LogP contribution in [0.3, 0.4) is 0 Å². The first-order valence-electron chi connectivity index (χ1n) is 7.75. The Morgan fingerprint density at radius 1 is 1.38 bits per heavy atom. The number of nitriles is 1. The van der Waals surface area contributed by atoms with E-state index in [1.165, 1.54) is 0 Å². The number of hydrogen-bond donors (Lipinski definition) is 2. The van der Waals surface area contributed by atoms with Gasteiger partial charge < -0.3 is 5.11 Å². The first-order chi connectivity index (χ1) is 11.3. The summed E-state index contributed by atoms with van der Waals surface area (Å²) in [5, 5.41) is 17.8. The van der Waals surface area contributed by atoms with Crippen molar-refractivity contribution in [3.8, 4) is 6.07 Å². The maximum Gasteiger partial charge on any atom is 0.246 e. The first-order valence-corrected chi connectivity index (χ1v) is 9.24. The van der Waals surface area contributed by atoms with Crippen LogP contribution in [-0.2, 0) is 10.0 Å². The Kier molecular flexibility index (Phi) is 5.58. The van der Waals surface area contributed by atoms with Crippen LogP contribution < -0.4 is 4.72 Å². The zero-order valence-electron chi connectivity index (χ0n) is 13.3. The van der Waals surface area contributed by atoms with Gasteiger partial charge in [-0.1, -0.05) is 13.3 Å². The molecule has 0 aliphatic heterocycles. The van der Waals surface area contributed by atoms with E-state index in [9.17, 15) is 17.2 Å². The van der Waals surface area contributed by atoms with Gasteiger partial charge in [-0.2, -0.15) is 5.26 Å². The van der Waals surface area contributed by atoms with E-state index in [1.807, 2.05) is 6.92 Å². The Hall–Kier alpha value is -1.56. The van der Waals surface area contributed by atoms with Crippen molar-refractivity contribution in [2.45, 2.75) is 37.5 Å². The molecule has 0 saturated heterocycles. The normalized spacial score (nSPS) is 17.8. The van der Waals surface area contributed by atoms with Gasteiger partial charge in [-0.05, 0) is 42.7 Å². The monoisotopic (exact) mass is 358 g/mol. The third-order valence-corrected chi connectivity index (χ3v) is 6.42. The highest BCUT2D eigenvalue weighted by Crippen LogP contribution is 2.48. The Morgan fingerprint density at radius 3 is 2.38 bits per heavy atom. The quantitative estimate of drug-likeness (QED) is 0.783. The van der Waals surface area contributed by atoms with Crippen molar-refractivity contribution < 1.29 is 22.3 Å². The second kappa shape index (κ2) is 7.13. The molecule has 1 saturated carbocycles. The maximum absolute atomic E-state index is 13.9. The molecule has 0 unspecified atom stereocenters. The summed E-state index contributed by atoms with van der Waals surface area (Å²) in [6.45, 7) is 2.01. The Balaban J connectivity index is 2.22. The van der Waals surface area contributed by atoms with Crippen LogP contribution in [0.4, 0.5) is 8.78 Å². The lowest BCUT2D eigenvalue weighted by atomic mass is 9.61. The van der Waals surface area contributed by atoms with E-state index >= 15 is 0 Å². The van der Waals surface area contributed by atoms with Crippen LogP contribution in [0.25, 0.3) is 0 Å². The Morgan fingerprint density at radius 2 is 1.96 bits per heavy atom. The lowest BCUT2D eigenvalue weighted by Crippen LogP contribution is -2.46. The zero-order chi connectivity index (χ0) is 18.0. The maximum atomic E-state index is 13.9. The Labute approximate surface area is 140 Å². The molecule has 1 fully saturated rings. The molecule has 1 aliphatic carbocycles. The minimum Gasteiger partial charge on any atom is -0.396 e. The first kappa shape index (κ1) is 18.8. The molecule has 0 heterocycles. The largest absolute Gasteiger partial charge is 0.396 e. The molecule has 8 heteroatoms. The highest BCUT2D eigenvalue weighted by Gasteiger charge is 2.42. The molecule has 1 aliphatic rings. The fraction of sp³-hybridized carbons (Fsp3) is 0.562. The summed E-state index contributed by atoms with van der Waals surface area (Å²) in [5.41, 5.74) is -0.578. The van der Waals surface area contributed by atoms with Gasteiger partial charge in [0.25, 0.3) is 0 Å². The fourth-order valence-electron chi connectivity index (χ4n) is 3.17. The molecule has 132 valence electrons. The molecule has 2 rings (SSSR count). The van der Waals surface area contributed by atoms with Crippen LogP contribution in [0.5, 0.6) is 0 Å². The van der Waals surface area contributed by atoms with Gasteiger partial charge in [0, 0.05) is 13.2 Å². The number of nitrogens with zero attached hydrogens (tertiary/aromatic N) is 1. The number of hydrogen-bond acceptors (Lipinski definition) is 4. The molecule has 1 atom stereocenters. The molecule has 2 N–H and O–H groups in total. The third-order valence-electron chi connectivity index (χ3n) is 4.97. The third kappa shape index (κ3) is 3.58. The van der Waals surface area contributed by atoms with Crippen molar-refractivity contribution in [2.24, 2.45) is 11.3 Å². The van der Waals surface area contributed by atoms with E-state index < -0.39 is 26.6 Å². The molecule has 1 aromatic carbocycles. The zero-order valence-corrected chi connectivity index (χ0v) is 14.2. The number of nitrogens with one attached hydrogen (secondary N) is 1. The van der Waals surface area contributed by atoms with Crippen molar-refractivity contribution in [3.63, 3.8) is 0 Å². The summed E-state index contributed by atoms with van der Waals surface area (Å²) in [6, 6.07) is 2.97. The van der Waals surface area contributed by atoms with Gasteiger partial charge in [0.15, 0.2) is 4.90 Å². The summed E-state index contributed by atoms with van der Waals surface area (Å²) in [7, 11) is -4.38. The van der Waals surface area contributed by atoms with E-state index in [4.69, 9.17) is 10.4 Å². The van der Waals surface area contributed by atoms with Crippen LogP contribution in [0, 0.1) is 34.3 Å². The summed E-state index contributed by atoms with van der Waals surface area (Å²) in [6.07, 6.45) is 3.10. The van der Waals surface area contributed by atoms with E-state index in [1.54, 1.807) is 6.07 Å². The lowest BCUT2D eigenvalue weighted by Gasteiger charge is -2.46. The summed E-state index contributed by atoms with van der Waals surface area (Å²) >= 11 is 0. The topological polar surface area (TPSA) is 90.2 Å². The second-order valence-electron chi connectivity index (χ2n) is 6.33. The summed E-state index contributed by atoms with van der Waals surface area (Å²) in [4.78, 5) is -1.06. The molecular weight excluding hydrogens is 338 g/mol. The predicted octanol–water partition coefficient (Wildman–Crippen LogP) is 2.30. The second-order valence-corrected chi connectivity index (χ2v) is 8.04. The smallest absolute Gasteiger partial charge is 0.246 e. The number of sulfonamides is 1.